The molecular formula is C4H12N3. The molecule has 0 fully saturated rings. The largest absolute Gasteiger partial charge is 0.330 e. The predicted octanol–water partition coefficient (Wildman–Crippen LogP) is -1.56. The third-order valence-electron chi connectivity index (χ3n) is 0.711. The highest BCUT2D eigenvalue weighted by molar-refractivity contribution is 4.80. The van der Waals surface area contributed by atoms with E-state index in [4.69, 9.17) is 17.2 Å². The van der Waals surface area contributed by atoms with Crippen LogP contribution in [0.4, 0.5) is 0 Å². The summed E-state index contributed by atoms with van der Waals surface area (Å²) in [5.74, 6) is 0. The smallest absolute Gasteiger partial charge is 0.0207 e. The third-order valence-corrected chi connectivity index (χ3v) is 0.711. The highest BCUT2D eigenvalue weighted by Crippen LogP contribution is 1.75. The first-order chi connectivity index (χ1) is 3.31. The van der Waals surface area contributed by atoms with Crippen LogP contribution in [0.25, 0.3) is 0 Å². The van der Waals surface area contributed by atoms with E-state index < -0.39 is 0 Å². The molecule has 1 atom stereocenters. The van der Waals surface area contributed by atoms with Crippen molar-refractivity contribution in [3.05, 3.63) is 6.42 Å². The topological polar surface area (TPSA) is 78.1 Å². The molecular weight excluding hydrogens is 90.1 g/mol. The monoisotopic (exact) mass is 102 g/mol. The van der Waals surface area contributed by atoms with Crippen molar-refractivity contribution in [2.45, 2.75) is 6.04 Å². The zero-order chi connectivity index (χ0) is 5.70. The molecule has 0 amide bonds. The Morgan fingerprint density at radius 1 is 1.43 bits per heavy atom. The Kier molecular flexibility index (Phi) is 3.98. The molecule has 0 heterocycles. The molecule has 0 aromatic carbocycles. The maximum Gasteiger partial charge on any atom is 0.0207 e. The Morgan fingerprint density at radius 3 is 2.14 bits per heavy atom. The van der Waals surface area contributed by atoms with Gasteiger partial charge in [-0.05, 0) is 13.0 Å². The van der Waals surface area contributed by atoms with Gasteiger partial charge in [0, 0.05) is 12.6 Å². The molecule has 3 nitrogen and oxygen atoms in total. The van der Waals surface area contributed by atoms with E-state index in [9.17, 15) is 0 Å². The van der Waals surface area contributed by atoms with Crippen molar-refractivity contribution in [2.75, 3.05) is 13.1 Å². The summed E-state index contributed by atoms with van der Waals surface area (Å²) in [4.78, 5) is 0. The molecule has 6 N–H and O–H groups in total. The fourth-order valence-corrected chi connectivity index (χ4v) is 0.271. The molecule has 0 saturated carbocycles. The molecule has 0 aromatic rings. The van der Waals surface area contributed by atoms with Gasteiger partial charge in [0.05, 0.1) is 0 Å². The lowest BCUT2D eigenvalue weighted by Crippen LogP contribution is -2.32. The molecule has 3 heteroatoms. The van der Waals surface area contributed by atoms with Gasteiger partial charge in [0.15, 0.2) is 0 Å². The highest BCUT2D eigenvalue weighted by atomic mass is 14.7. The fraction of sp³-hybridized carbons (Fsp3) is 0.750. The van der Waals surface area contributed by atoms with Gasteiger partial charge in [-0.2, -0.15) is 0 Å². The normalized spacial score (nSPS) is 14.1. The Hall–Kier alpha value is -0.120. The van der Waals surface area contributed by atoms with Gasteiger partial charge in [-0.15, -0.1) is 0 Å². The molecule has 0 spiro atoms. The van der Waals surface area contributed by atoms with Gasteiger partial charge in [-0.1, -0.05) is 0 Å². The van der Waals surface area contributed by atoms with Crippen molar-refractivity contribution in [1.82, 2.24) is 0 Å². The maximum absolute atomic E-state index is 5.32. The van der Waals surface area contributed by atoms with Crippen molar-refractivity contribution in [3.8, 4) is 0 Å². The molecule has 43 valence electrons. The van der Waals surface area contributed by atoms with Crippen molar-refractivity contribution >= 4 is 0 Å². The number of hydrogen-bond acceptors (Lipinski definition) is 3. The van der Waals surface area contributed by atoms with E-state index in [2.05, 4.69) is 0 Å². The van der Waals surface area contributed by atoms with E-state index in [1.165, 1.54) is 0 Å². The van der Waals surface area contributed by atoms with Gasteiger partial charge in [-0.3, -0.25) is 0 Å². The summed E-state index contributed by atoms with van der Waals surface area (Å²) in [6.07, 6.45) is 1.78. The van der Waals surface area contributed by atoms with Crippen molar-refractivity contribution < 1.29 is 0 Å². The Balaban J connectivity index is 2.83. The molecule has 1 radical (unpaired) electrons. The second-order valence-corrected chi connectivity index (χ2v) is 1.37. The van der Waals surface area contributed by atoms with Crippen LogP contribution < -0.4 is 17.2 Å². The molecule has 0 saturated heterocycles. The zero-order valence-corrected chi connectivity index (χ0v) is 4.30. The SMILES string of the molecule is NC[CH]C(N)CN. The lowest BCUT2D eigenvalue weighted by molar-refractivity contribution is 0.752. The Bertz CT molecular complexity index is 37.9. The van der Waals surface area contributed by atoms with Crippen LogP contribution in [0.3, 0.4) is 0 Å². The molecule has 1 unspecified atom stereocenters. The van der Waals surface area contributed by atoms with Crippen molar-refractivity contribution in [3.63, 3.8) is 0 Å². The summed E-state index contributed by atoms with van der Waals surface area (Å²) < 4.78 is 0. The lowest BCUT2D eigenvalue weighted by Gasteiger charge is -2.02. The fourth-order valence-electron chi connectivity index (χ4n) is 0.271. The van der Waals surface area contributed by atoms with Gasteiger partial charge in [0.25, 0.3) is 0 Å². The highest BCUT2D eigenvalue weighted by Gasteiger charge is 1.93. The quantitative estimate of drug-likeness (QED) is 0.403. The molecule has 0 aromatic heterocycles. The van der Waals surface area contributed by atoms with E-state index in [-0.39, 0.29) is 6.04 Å². The number of nitrogens with two attached hydrogens (primary N) is 3. The summed E-state index contributed by atoms with van der Waals surface area (Å²) in [5, 5.41) is 0. The van der Waals surface area contributed by atoms with Crippen molar-refractivity contribution in [2.24, 2.45) is 17.2 Å². The molecule has 0 aliphatic rings. The second-order valence-electron chi connectivity index (χ2n) is 1.37. The first-order valence-corrected chi connectivity index (χ1v) is 2.30. The average Bonchev–Trinajstić information content (AvgIpc) is 1.68. The predicted molar refractivity (Wildman–Crippen MR) is 30.4 cm³/mol. The first kappa shape index (κ1) is 6.88. The number of rotatable bonds is 3. The second kappa shape index (κ2) is 4.05. The molecule has 7 heavy (non-hydrogen) atoms. The summed E-state index contributed by atoms with van der Waals surface area (Å²) in [5.41, 5.74) is 15.6. The van der Waals surface area contributed by atoms with E-state index in [0.717, 1.165) is 0 Å². The van der Waals surface area contributed by atoms with Crippen LogP contribution in [0.15, 0.2) is 0 Å². The standard InChI is InChI=1S/C4H12N3/c5-2-1-4(7)3-6/h1,4H,2-3,5-7H2. The summed E-state index contributed by atoms with van der Waals surface area (Å²) in [6, 6.07) is -0.0231. The first-order valence-electron chi connectivity index (χ1n) is 2.30. The summed E-state index contributed by atoms with van der Waals surface area (Å²) in [7, 11) is 0. The summed E-state index contributed by atoms with van der Waals surface area (Å²) in [6.45, 7) is 0.996. The van der Waals surface area contributed by atoms with E-state index in [1.54, 1.807) is 6.42 Å². The molecule has 0 rings (SSSR count). The van der Waals surface area contributed by atoms with Crippen LogP contribution in [0.2, 0.25) is 0 Å². The van der Waals surface area contributed by atoms with Gasteiger partial charge in [-0.25, -0.2) is 0 Å². The van der Waals surface area contributed by atoms with Crippen LogP contribution in [-0.2, 0) is 0 Å². The minimum absolute atomic E-state index is 0.0231. The maximum atomic E-state index is 5.32. The van der Waals surface area contributed by atoms with Crippen LogP contribution in [0.5, 0.6) is 0 Å². The van der Waals surface area contributed by atoms with Crippen LogP contribution in [-0.4, -0.2) is 19.1 Å². The Morgan fingerprint density at radius 2 is 2.00 bits per heavy atom. The van der Waals surface area contributed by atoms with Gasteiger partial charge < -0.3 is 17.2 Å². The third kappa shape index (κ3) is 3.72. The van der Waals surface area contributed by atoms with Crippen LogP contribution >= 0.6 is 0 Å². The van der Waals surface area contributed by atoms with E-state index in [0.29, 0.717) is 13.1 Å². The van der Waals surface area contributed by atoms with E-state index in [1.807, 2.05) is 0 Å². The molecule has 0 bridgehead atoms. The zero-order valence-electron chi connectivity index (χ0n) is 4.30. The average molecular weight is 102 g/mol. The van der Waals surface area contributed by atoms with Gasteiger partial charge >= 0.3 is 0 Å². The van der Waals surface area contributed by atoms with Gasteiger partial charge in [0.2, 0.25) is 0 Å². The lowest BCUT2D eigenvalue weighted by atomic mass is 10.2. The minimum atomic E-state index is -0.0231. The van der Waals surface area contributed by atoms with Gasteiger partial charge in [0.1, 0.15) is 0 Å². The van der Waals surface area contributed by atoms with Crippen LogP contribution in [0.1, 0.15) is 0 Å². The number of hydrogen-bond donors (Lipinski definition) is 3. The molecule has 0 aliphatic carbocycles. The Labute approximate surface area is 43.9 Å². The van der Waals surface area contributed by atoms with Crippen molar-refractivity contribution in [1.29, 1.82) is 0 Å². The minimum Gasteiger partial charge on any atom is -0.330 e. The van der Waals surface area contributed by atoms with Crippen LogP contribution in [0, 0.1) is 6.42 Å². The molecule has 0 aliphatic heterocycles. The van der Waals surface area contributed by atoms with E-state index >= 15 is 0 Å². The summed E-state index contributed by atoms with van der Waals surface area (Å²) >= 11 is 0.